The Morgan fingerprint density at radius 3 is 2.71 bits per heavy atom. The van der Waals surface area contributed by atoms with Gasteiger partial charge >= 0.3 is 0 Å². The molecular formula is C25H28N4O4S. The molecule has 0 radical (unpaired) electrons. The number of likely N-dealkylation sites (tertiary alicyclic amines) is 1. The number of anilines is 1. The van der Waals surface area contributed by atoms with E-state index in [1.165, 1.54) is 24.0 Å². The van der Waals surface area contributed by atoms with E-state index in [1.54, 1.807) is 23.7 Å². The molecule has 2 amide bonds. The van der Waals surface area contributed by atoms with Crippen LogP contribution in [0.25, 0.3) is 0 Å². The number of nitrogens with one attached hydrogen (secondary N) is 1. The minimum absolute atomic E-state index is 0.0127. The molecule has 2 aromatic heterocycles. The van der Waals surface area contributed by atoms with Crippen molar-refractivity contribution in [3.63, 3.8) is 0 Å². The van der Waals surface area contributed by atoms with Gasteiger partial charge in [-0.25, -0.2) is 9.97 Å². The monoisotopic (exact) mass is 480 g/mol. The molecule has 178 valence electrons. The fourth-order valence-corrected chi connectivity index (χ4v) is 4.80. The Morgan fingerprint density at radius 1 is 1.18 bits per heavy atom. The second-order valence-corrected chi connectivity index (χ2v) is 9.16. The first-order valence-corrected chi connectivity index (χ1v) is 12.1. The van der Waals surface area contributed by atoms with Gasteiger partial charge in [0.25, 0.3) is 11.8 Å². The van der Waals surface area contributed by atoms with E-state index in [0.29, 0.717) is 36.1 Å². The summed E-state index contributed by atoms with van der Waals surface area (Å²) in [6, 6.07) is 9.30. The number of methoxy groups -OCH3 is 1. The second-order valence-electron chi connectivity index (χ2n) is 8.28. The Morgan fingerprint density at radius 2 is 1.97 bits per heavy atom. The molecule has 3 heterocycles. The van der Waals surface area contributed by atoms with Crippen LogP contribution in [0, 0.1) is 13.8 Å². The first-order valence-electron chi connectivity index (χ1n) is 11.2. The van der Waals surface area contributed by atoms with Gasteiger partial charge in [-0.3, -0.25) is 9.59 Å². The number of benzene rings is 1. The van der Waals surface area contributed by atoms with Gasteiger partial charge < -0.3 is 19.7 Å². The number of amides is 2. The highest BCUT2D eigenvalue weighted by Gasteiger charge is 2.26. The lowest BCUT2D eigenvalue weighted by Crippen LogP contribution is -2.40. The van der Waals surface area contributed by atoms with Crippen molar-refractivity contribution in [2.45, 2.75) is 32.6 Å². The fourth-order valence-electron chi connectivity index (χ4n) is 3.83. The Labute approximate surface area is 202 Å². The summed E-state index contributed by atoms with van der Waals surface area (Å²) in [5.74, 6) is 0.976. The van der Waals surface area contributed by atoms with Crippen molar-refractivity contribution in [3.05, 3.63) is 63.7 Å². The summed E-state index contributed by atoms with van der Waals surface area (Å²) in [6.07, 6.45) is 3.21. The highest BCUT2D eigenvalue weighted by atomic mass is 32.1. The summed E-state index contributed by atoms with van der Waals surface area (Å²) in [7, 11) is 1.51. The normalized spacial score (nSPS) is 14.0. The van der Waals surface area contributed by atoms with Crippen molar-refractivity contribution >= 4 is 28.8 Å². The standard InChI is InChI=1S/C25H28N4O4S/c1-16-6-7-19(13-17(16)2)33-14-22(30)29-11-8-18(9-12-29)25-28-21(15-34-25)23(31)27-20-5-4-10-26-24(20)32-3/h4-7,10,13,15,18H,8-9,11-12,14H2,1-3H3,(H,27,31). The van der Waals surface area contributed by atoms with Gasteiger partial charge in [0, 0.05) is 30.6 Å². The zero-order valence-electron chi connectivity index (χ0n) is 19.5. The van der Waals surface area contributed by atoms with Gasteiger partial charge in [0.1, 0.15) is 17.1 Å². The zero-order chi connectivity index (χ0) is 24.1. The summed E-state index contributed by atoms with van der Waals surface area (Å²) in [4.78, 5) is 35.7. The van der Waals surface area contributed by atoms with Crippen molar-refractivity contribution in [2.75, 3.05) is 32.1 Å². The molecule has 1 aliphatic heterocycles. The Kier molecular flexibility index (Phi) is 7.42. The number of carbonyl (C=O) groups excluding carboxylic acids is 2. The van der Waals surface area contributed by atoms with Gasteiger partial charge in [-0.2, -0.15) is 0 Å². The molecule has 1 N–H and O–H groups in total. The van der Waals surface area contributed by atoms with Gasteiger partial charge in [-0.1, -0.05) is 6.07 Å². The predicted octanol–water partition coefficient (Wildman–Crippen LogP) is 4.20. The average Bonchev–Trinajstić information content (AvgIpc) is 3.35. The molecule has 1 saturated heterocycles. The fraction of sp³-hybridized carbons (Fsp3) is 0.360. The summed E-state index contributed by atoms with van der Waals surface area (Å²) >= 11 is 1.48. The number of aryl methyl sites for hydroxylation is 2. The molecule has 1 aliphatic rings. The highest BCUT2D eigenvalue weighted by Crippen LogP contribution is 2.31. The number of pyridine rings is 1. The van der Waals surface area contributed by atoms with Crippen LogP contribution in [0.15, 0.2) is 41.9 Å². The van der Waals surface area contributed by atoms with Crippen LogP contribution in [0.5, 0.6) is 11.6 Å². The molecule has 0 bridgehead atoms. The number of carbonyl (C=O) groups is 2. The molecule has 8 nitrogen and oxygen atoms in total. The molecular weight excluding hydrogens is 452 g/mol. The van der Waals surface area contributed by atoms with Gasteiger partial charge in [0.2, 0.25) is 5.88 Å². The molecule has 1 aromatic carbocycles. The minimum Gasteiger partial charge on any atom is -0.484 e. The van der Waals surface area contributed by atoms with E-state index in [0.717, 1.165) is 23.4 Å². The first-order chi connectivity index (χ1) is 16.4. The third kappa shape index (κ3) is 5.53. The van der Waals surface area contributed by atoms with E-state index in [-0.39, 0.29) is 24.3 Å². The lowest BCUT2D eigenvalue weighted by atomic mass is 9.97. The van der Waals surface area contributed by atoms with E-state index >= 15 is 0 Å². The third-order valence-electron chi connectivity index (χ3n) is 6.00. The molecule has 4 rings (SSSR count). The number of thiazole rings is 1. The number of piperidine rings is 1. The van der Waals surface area contributed by atoms with Crippen LogP contribution in [0.1, 0.15) is 45.4 Å². The van der Waals surface area contributed by atoms with Gasteiger partial charge in [0.15, 0.2) is 6.61 Å². The lowest BCUT2D eigenvalue weighted by molar-refractivity contribution is -0.134. The molecule has 0 unspecified atom stereocenters. The zero-order valence-corrected chi connectivity index (χ0v) is 20.4. The number of nitrogens with zero attached hydrogens (tertiary/aromatic N) is 3. The maximum Gasteiger partial charge on any atom is 0.275 e. The summed E-state index contributed by atoms with van der Waals surface area (Å²) in [5, 5.41) is 5.49. The van der Waals surface area contributed by atoms with Crippen LogP contribution < -0.4 is 14.8 Å². The van der Waals surface area contributed by atoms with Crippen molar-refractivity contribution in [1.82, 2.24) is 14.9 Å². The minimum atomic E-state index is -0.301. The topological polar surface area (TPSA) is 93.7 Å². The summed E-state index contributed by atoms with van der Waals surface area (Å²) < 4.78 is 10.9. The van der Waals surface area contributed by atoms with Gasteiger partial charge in [0.05, 0.1) is 12.1 Å². The molecule has 0 atom stereocenters. The van der Waals surface area contributed by atoms with E-state index in [2.05, 4.69) is 15.3 Å². The van der Waals surface area contributed by atoms with Crippen LogP contribution in [-0.4, -0.2) is 53.5 Å². The number of ether oxygens (including phenoxy) is 2. The second kappa shape index (κ2) is 10.6. The Bertz CT molecular complexity index is 1170. The number of hydrogen-bond acceptors (Lipinski definition) is 7. The van der Waals surface area contributed by atoms with Gasteiger partial charge in [-0.15, -0.1) is 11.3 Å². The summed E-state index contributed by atoms with van der Waals surface area (Å²) in [6.45, 7) is 5.40. The van der Waals surface area contributed by atoms with Crippen LogP contribution >= 0.6 is 11.3 Å². The molecule has 0 aliphatic carbocycles. The van der Waals surface area contributed by atoms with Crippen LogP contribution in [0.3, 0.4) is 0 Å². The van der Waals surface area contributed by atoms with E-state index in [4.69, 9.17) is 9.47 Å². The molecule has 0 saturated carbocycles. The van der Waals surface area contributed by atoms with Crippen molar-refractivity contribution in [2.24, 2.45) is 0 Å². The quantitative estimate of drug-likeness (QED) is 0.545. The van der Waals surface area contributed by atoms with Crippen molar-refractivity contribution in [3.8, 4) is 11.6 Å². The summed E-state index contributed by atoms with van der Waals surface area (Å²) in [5.41, 5.74) is 3.20. The van der Waals surface area contributed by atoms with Crippen molar-refractivity contribution < 1.29 is 19.1 Å². The maximum atomic E-state index is 12.6. The first kappa shape index (κ1) is 23.7. The highest BCUT2D eigenvalue weighted by molar-refractivity contribution is 7.10. The number of hydrogen-bond donors (Lipinski definition) is 1. The largest absolute Gasteiger partial charge is 0.484 e. The van der Waals surface area contributed by atoms with Gasteiger partial charge in [-0.05, 0) is 62.1 Å². The van der Waals surface area contributed by atoms with Crippen LogP contribution in [-0.2, 0) is 4.79 Å². The third-order valence-corrected chi connectivity index (χ3v) is 7.01. The number of aromatic nitrogens is 2. The SMILES string of the molecule is COc1ncccc1NC(=O)c1csc(C2CCN(C(=O)COc3ccc(C)c(C)c3)CC2)n1. The van der Waals surface area contributed by atoms with Crippen LogP contribution in [0.2, 0.25) is 0 Å². The molecule has 9 heteroatoms. The van der Waals surface area contributed by atoms with Crippen LogP contribution in [0.4, 0.5) is 5.69 Å². The van der Waals surface area contributed by atoms with E-state index in [9.17, 15) is 9.59 Å². The molecule has 3 aromatic rings. The Balaban J connectivity index is 1.28. The van der Waals surface area contributed by atoms with E-state index in [1.807, 2.05) is 36.9 Å². The number of rotatable bonds is 7. The molecule has 0 spiro atoms. The van der Waals surface area contributed by atoms with Crippen molar-refractivity contribution in [1.29, 1.82) is 0 Å². The molecule has 34 heavy (non-hydrogen) atoms. The smallest absolute Gasteiger partial charge is 0.275 e. The average molecular weight is 481 g/mol. The molecule has 1 fully saturated rings. The lowest BCUT2D eigenvalue weighted by Gasteiger charge is -2.31. The van der Waals surface area contributed by atoms with E-state index < -0.39 is 0 Å². The predicted molar refractivity (Wildman–Crippen MR) is 131 cm³/mol. The maximum absolute atomic E-state index is 12.6. The Hall–Kier alpha value is -3.46.